The van der Waals surface area contributed by atoms with E-state index in [-0.39, 0.29) is 12.5 Å². The minimum Gasteiger partial charge on any atom is -0.370 e. The molecule has 0 saturated carbocycles. The predicted octanol–water partition coefficient (Wildman–Crippen LogP) is 0.245. The molecule has 1 fully saturated rings. The van der Waals surface area contributed by atoms with E-state index in [1.54, 1.807) is 17.2 Å². The second-order valence-corrected chi connectivity index (χ2v) is 2.74. The molecule has 1 aromatic rings. The van der Waals surface area contributed by atoms with Crippen LogP contribution in [0.2, 0.25) is 0 Å². The molecule has 13 heavy (non-hydrogen) atoms. The number of amides is 1. The Kier molecular flexibility index (Phi) is 2.23. The van der Waals surface area contributed by atoms with Gasteiger partial charge in [0, 0.05) is 6.54 Å². The molecule has 0 spiro atoms. The normalized spacial score (nSPS) is 17.5. The number of carbonyl (C=O) groups excluding carboxylic acids is 1. The molecular weight excluding hydrogens is 168 g/mol. The van der Waals surface area contributed by atoms with Gasteiger partial charge in [-0.2, -0.15) is 0 Å². The van der Waals surface area contributed by atoms with Crippen LogP contribution in [0.5, 0.6) is 0 Å². The van der Waals surface area contributed by atoms with Gasteiger partial charge in [0.05, 0.1) is 24.7 Å². The van der Waals surface area contributed by atoms with Crippen molar-refractivity contribution in [3.63, 3.8) is 0 Å². The highest BCUT2D eigenvalue weighted by atomic mass is 16.5. The lowest BCUT2D eigenvalue weighted by atomic mass is 10.3. The molecule has 1 saturated heterocycles. The Morgan fingerprint density at radius 3 is 3.23 bits per heavy atom. The van der Waals surface area contributed by atoms with Crippen molar-refractivity contribution in [3.05, 3.63) is 24.5 Å². The van der Waals surface area contributed by atoms with E-state index in [1.807, 2.05) is 6.07 Å². The van der Waals surface area contributed by atoms with Gasteiger partial charge in [-0.25, -0.2) is 0 Å². The van der Waals surface area contributed by atoms with Crippen LogP contribution in [0.1, 0.15) is 0 Å². The van der Waals surface area contributed by atoms with E-state index in [9.17, 15) is 4.79 Å². The molecule has 0 bridgehead atoms. The molecule has 67 valence electrons. The van der Waals surface area contributed by atoms with Crippen LogP contribution in [0.4, 0.5) is 5.69 Å². The summed E-state index contributed by atoms with van der Waals surface area (Å²) < 4.78 is 5.01. The predicted molar refractivity (Wildman–Crippen MR) is 46.2 cm³/mol. The third kappa shape index (κ3) is 1.67. The monoisotopic (exact) mass is 177 g/mol. The highest BCUT2D eigenvalue weighted by Gasteiger charge is 2.19. The van der Waals surface area contributed by atoms with Crippen molar-refractivity contribution in [2.75, 3.05) is 24.7 Å². The average molecular weight is 177 g/mol. The summed E-state index contributed by atoms with van der Waals surface area (Å²) in [6.07, 6.45) is 4.30. The van der Waals surface area contributed by atoms with E-state index in [4.69, 9.17) is 4.74 Å². The number of morpholine rings is 1. The summed E-state index contributed by atoms with van der Waals surface area (Å²) in [7, 11) is 0. The van der Waals surface area contributed by atoms with Crippen LogP contribution in [-0.2, 0) is 9.53 Å². The maximum absolute atomic E-state index is 11.4. The van der Waals surface area contributed by atoms with Gasteiger partial charge in [0.2, 0.25) is 0 Å². The first-order valence-corrected chi connectivity index (χ1v) is 4.08. The molecule has 2 heterocycles. The first-order valence-electron chi connectivity index (χ1n) is 4.08. The number of anilines is 1. The summed E-state index contributed by atoms with van der Waals surface area (Å²) >= 11 is 0. The van der Waals surface area contributed by atoms with E-state index in [0.29, 0.717) is 13.2 Å². The van der Waals surface area contributed by atoms with Crippen molar-refractivity contribution in [1.29, 1.82) is 0 Å². The van der Waals surface area contributed by atoms with Gasteiger partial charge in [-0.15, -0.1) is 0 Å². The molecular formula is C9H9N2O2. The van der Waals surface area contributed by atoms with Gasteiger partial charge in [0.25, 0.3) is 5.91 Å². The van der Waals surface area contributed by atoms with Crippen molar-refractivity contribution in [1.82, 2.24) is 4.98 Å². The summed E-state index contributed by atoms with van der Waals surface area (Å²) in [5.74, 6) is -0.0146. The molecule has 1 aliphatic rings. The Balaban J connectivity index is 2.20. The molecule has 1 aliphatic heterocycles. The molecule has 0 atom stereocenters. The summed E-state index contributed by atoms with van der Waals surface area (Å²) in [5, 5.41) is 0. The number of ether oxygens (including phenoxy) is 1. The average Bonchev–Trinajstić information content (AvgIpc) is 2.20. The second kappa shape index (κ2) is 3.53. The van der Waals surface area contributed by atoms with Crippen LogP contribution < -0.4 is 4.90 Å². The summed E-state index contributed by atoms with van der Waals surface area (Å²) in [5.41, 5.74) is 0.812. The van der Waals surface area contributed by atoms with E-state index < -0.39 is 0 Å². The van der Waals surface area contributed by atoms with Crippen LogP contribution in [0.15, 0.2) is 18.3 Å². The van der Waals surface area contributed by atoms with Crippen LogP contribution in [0, 0.1) is 6.20 Å². The van der Waals surface area contributed by atoms with E-state index in [1.165, 1.54) is 0 Å². The Morgan fingerprint density at radius 1 is 1.62 bits per heavy atom. The SMILES string of the molecule is O=C1COCCN1c1cc[c]nc1. The van der Waals surface area contributed by atoms with Gasteiger partial charge in [-0.3, -0.25) is 9.78 Å². The van der Waals surface area contributed by atoms with Crippen LogP contribution in [0.25, 0.3) is 0 Å². The first-order chi connectivity index (χ1) is 6.38. The molecule has 4 nitrogen and oxygen atoms in total. The number of hydrogen-bond acceptors (Lipinski definition) is 3. The molecule has 0 N–H and O–H groups in total. The third-order valence-electron chi connectivity index (χ3n) is 1.90. The van der Waals surface area contributed by atoms with Crippen LogP contribution in [-0.4, -0.2) is 30.6 Å². The highest BCUT2D eigenvalue weighted by Crippen LogP contribution is 2.13. The van der Waals surface area contributed by atoms with Gasteiger partial charge in [-0.05, 0) is 12.1 Å². The minimum absolute atomic E-state index is 0.0146. The van der Waals surface area contributed by atoms with Crippen molar-refractivity contribution < 1.29 is 9.53 Å². The lowest BCUT2D eigenvalue weighted by Crippen LogP contribution is -2.41. The van der Waals surface area contributed by atoms with Gasteiger partial charge >= 0.3 is 0 Å². The maximum atomic E-state index is 11.4. The molecule has 1 radical (unpaired) electrons. The molecule has 0 unspecified atom stereocenters. The zero-order valence-electron chi connectivity index (χ0n) is 7.06. The fourth-order valence-corrected chi connectivity index (χ4v) is 1.26. The van der Waals surface area contributed by atoms with Gasteiger partial charge in [-0.1, -0.05) is 0 Å². The van der Waals surface area contributed by atoms with Crippen molar-refractivity contribution in [2.24, 2.45) is 0 Å². The zero-order valence-corrected chi connectivity index (χ0v) is 7.06. The van der Waals surface area contributed by atoms with Crippen molar-refractivity contribution in [2.45, 2.75) is 0 Å². The van der Waals surface area contributed by atoms with E-state index in [0.717, 1.165) is 5.69 Å². The molecule has 0 aliphatic carbocycles. The summed E-state index contributed by atoms with van der Waals surface area (Å²) in [4.78, 5) is 16.9. The Bertz CT molecular complexity index is 300. The van der Waals surface area contributed by atoms with Gasteiger partial charge in [0.15, 0.2) is 0 Å². The third-order valence-corrected chi connectivity index (χ3v) is 1.90. The van der Waals surface area contributed by atoms with Crippen LogP contribution >= 0.6 is 0 Å². The van der Waals surface area contributed by atoms with Crippen molar-refractivity contribution in [3.8, 4) is 0 Å². The fourth-order valence-electron chi connectivity index (χ4n) is 1.26. The summed E-state index contributed by atoms with van der Waals surface area (Å²) in [6.45, 7) is 1.35. The number of nitrogens with zero attached hydrogens (tertiary/aromatic N) is 2. The Hall–Kier alpha value is -1.42. The highest BCUT2D eigenvalue weighted by molar-refractivity contribution is 5.94. The maximum Gasteiger partial charge on any atom is 0.253 e. The second-order valence-electron chi connectivity index (χ2n) is 2.74. The van der Waals surface area contributed by atoms with E-state index >= 15 is 0 Å². The molecule has 0 aromatic carbocycles. The van der Waals surface area contributed by atoms with Crippen LogP contribution in [0.3, 0.4) is 0 Å². The molecule has 1 aromatic heterocycles. The Labute approximate surface area is 76.1 Å². The number of aromatic nitrogens is 1. The number of hydrogen-bond donors (Lipinski definition) is 0. The summed E-state index contributed by atoms with van der Waals surface area (Å²) in [6, 6.07) is 3.51. The number of rotatable bonds is 1. The minimum atomic E-state index is -0.0146. The topological polar surface area (TPSA) is 42.4 Å². The smallest absolute Gasteiger partial charge is 0.253 e. The lowest BCUT2D eigenvalue weighted by molar-refractivity contribution is -0.125. The van der Waals surface area contributed by atoms with Gasteiger partial charge < -0.3 is 9.64 Å². The van der Waals surface area contributed by atoms with Crippen molar-refractivity contribution >= 4 is 11.6 Å². The molecule has 1 amide bonds. The zero-order chi connectivity index (χ0) is 9.10. The number of carbonyl (C=O) groups is 1. The quantitative estimate of drug-likeness (QED) is 0.617. The van der Waals surface area contributed by atoms with E-state index in [2.05, 4.69) is 11.2 Å². The lowest BCUT2D eigenvalue weighted by Gasteiger charge is -2.26. The fraction of sp³-hybridized carbons (Fsp3) is 0.333. The van der Waals surface area contributed by atoms with Gasteiger partial charge in [0.1, 0.15) is 6.61 Å². The standard InChI is InChI=1S/C9H9N2O2/c12-9-7-13-5-4-11(9)8-2-1-3-10-6-8/h1-2,6H,4-5,7H2. The first kappa shape index (κ1) is 8.19. The molecule has 2 rings (SSSR count). The Morgan fingerprint density at radius 2 is 2.54 bits per heavy atom. The number of pyridine rings is 1. The largest absolute Gasteiger partial charge is 0.370 e. The molecule has 4 heteroatoms.